The summed E-state index contributed by atoms with van der Waals surface area (Å²) in [7, 11) is 0. The number of nitrogens with one attached hydrogen (secondary N) is 1. The summed E-state index contributed by atoms with van der Waals surface area (Å²) in [5.41, 5.74) is 0. The Kier molecular flexibility index (Phi) is 58.0. The number of ether oxygens (including phenoxy) is 1. The van der Waals surface area contributed by atoms with Crippen molar-refractivity contribution in [2.75, 3.05) is 13.2 Å². The first kappa shape index (κ1) is 67.6. The highest BCUT2D eigenvalue weighted by molar-refractivity contribution is 5.76. The molecule has 0 aliphatic carbocycles. The quantitative estimate of drug-likeness (QED) is 0.0321. The Labute approximate surface area is 431 Å². The van der Waals surface area contributed by atoms with E-state index in [1.54, 1.807) is 6.08 Å². The molecule has 3 N–H and O–H groups in total. The number of esters is 1. The molecule has 0 rings (SSSR count). The molecule has 2 unspecified atom stereocenters. The van der Waals surface area contributed by atoms with Gasteiger partial charge in [-0.2, -0.15) is 0 Å². The summed E-state index contributed by atoms with van der Waals surface area (Å²) in [6.45, 7) is 4.90. The fourth-order valence-electron chi connectivity index (χ4n) is 9.99. The van der Waals surface area contributed by atoms with Gasteiger partial charge in [0, 0.05) is 12.8 Å². The number of aliphatic hydroxyl groups excluding tert-OH is 2. The van der Waals surface area contributed by atoms with Gasteiger partial charge in [0.2, 0.25) is 5.91 Å². The molecule has 0 saturated heterocycles. The van der Waals surface area contributed by atoms with Crippen LogP contribution in [0.1, 0.15) is 354 Å². The van der Waals surface area contributed by atoms with Crippen molar-refractivity contribution in [2.45, 2.75) is 366 Å². The van der Waals surface area contributed by atoms with Crippen LogP contribution in [0.15, 0.2) is 12.2 Å². The van der Waals surface area contributed by atoms with Crippen LogP contribution < -0.4 is 5.32 Å². The molecule has 0 aliphatic rings. The Morgan fingerprint density at radius 2 is 0.667 bits per heavy atom. The van der Waals surface area contributed by atoms with Crippen LogP contribution in [0.25, 0.3) is 0 Å². The van der Waals surface area contributed by atoms with E-state index in [4.69, 9.17) is 4.74 Å². The zero-order valence-corrected chi connectivity index (χ0v) is 46.8. The Balaban J connectivity index is 3.46. The third kappa shape index (κ3) is 55.8. The van der Waals surface area contributed by atoms with E-state index in [-0.39, 0.29) is 18.5 Å². The molecule has 0 heterocycles. The van der Waals surface area contributed by atoms with E-state index in [0.29, 0.717) is 19.4 Å². The Bertz CT molecular complexity index is 1030. The van der Waals surface area contributed by atoms with Crippen LogP contribution in [-0.2, 0) is 14.3 Å². The number of rotatable bonds is 59. The zero-order chi connectivity index (χ0) is 50.0. The lowest BCUT2D eigenvalue weighted by atomic mass is 10.0. The van der Waals surface area contributed by atoms with Crippen LogP contribution >= 0.6 is 0 Å². The van der Waals surface area contributed by atoms with Gasteiger partial charge in [-0.3, -0.25) is 9.59 Å². The minimum absolute atomic E-state index is 0.00941. The summed E-state index contributed by atoms with van der Waals surface area (Å²) in [5, 5.41) is 23.2. The number of hydrogen-bond acceptors (Lipinski definition) is 5. The topological polar surface area (TPSA) is 95.9 Å². The maximum absolute atomic E-state index is 12.5. The highest BCUT2D eigenvalue weighted by Crippen LogP contribution is 2.18. The Morgan fingerprint density at radius 3 is 0.986 bits per heavy atom. The predicted octanol–water partition coefficient (Wildman–Crippen LogP) is 19.6. The third-order valence-corrected chi connectivity index (χ3v) is 14.8. The van der Waals surface area contributed by atoms with Crippen molar-refractivity contribution in [2.24, 2.45) is 0 Å². The van der Waals surface area contributed by atoms with Gasteiger partial charge in [0.05, 0.1) is 25.4 Å². The summed E-state index contributed by atoms with van der Waals surface area (Å²) in [5.74, 6) is -0.0916. The summed E-state index contributed by atoms with van der Waals surface area (Å²) in [6.07, 6.45) is 71.0. The second-order valence-electron chi connectivity index (χ2n) is 21.8. The lowest BCUT2D eigenvalue weighted by Crippen LogP contribution is -2.45. The summed E-state index contributed by atoms with van der Waals surface area (Å²) in [6, 6.07) is -0.642. The maximum Gasteiger partial charge on any atom is 0.305 e. The number of allylic oxidation sites excluding steroid dienone is 1. The molecule has 0 fully saturated rings. The monoisotopic (exact) mass is 974 g/mol. The van der Waals surface area contributed by atoms with Gasteiger partial charge < -0.3 is 20.3 Å². The molecule has 69 heavy (non-hydrogen) atoms. The minimum atomic E-state index is -0.857. The van der Waals surface area contributed by atoms with Crippen molar-refractivity contribution in [3.63, 3.8) is 0 Å². The second-order valence-corrected chi connectivity index (χ2v) is 21.8. The van der Waals surface area contributed by atoms with Crippen molar-refractivity contribution in [3.8, 4) is 0 Å². The van der Waals surface area contributed by atoms with E-state index in [0.717, 1.165) is 57.8 Å². The fraction of sp³-hybridized carbons (Fsp3) is 0.937. The zero-order valence-electron chi connectivity index (χ0n) is 46.8. The van der Waals surface area contributed by atoms with Crippen molar-refractivity contribution in [1.82, 2.24) is 5.32 Å². The number of hydrogen-bond donors (Lipinski definition) is 3. The van der Waals surface area contributed by atoms with Crippen molar-refractivity contribution >= 4 is 11.9 Å². The average Bonchev–Trinajstić information content (AvgIpc) is 3.35. The predicted molar refractivity (Wildman–Crippen MR) is 301 cm³/mol. The number of carbonyl (C=O) groups is 2. The van der Waals surface area contributed by atoms with Gasteiger partial charge >= 0.3 is 5.97 Å². The molecule has 0 spiro atoms. The molecule has 2 atom stereocenters. The minimum Gasteiger partial charge on any atom is -0.466 e. The molecule has 6 nitrogen and oxygen atoms in total. The van der Waals surface area contributed by atoms with Crippen LogP contribution in [0.3, 0.4) is 0 Å². The molecule has 1 amide bonds. The molecule has 0 bridgehead atoms. The van der Waals surface area contributed by atoms with E-state index in [9.17, 15) is 19.8 Å². The largest absolute Gasteiger partial charge is 0.466 e. The van der Waals surface area contributed by atoms with Gasteiger partial charge in [-0.25, -0.2) is 0 Å². The number of carbonyl (C=O) groups excluding carboxylic acids is 2. The van der Waals surface area contributed by atoms with Gasteiger partial charge in [-0.1, -0.05) is 321 Å². The van der Waals surface area contributed by atoms with Crippen molar-refractivity contribution in [1.29, 1.82) is 0 Å². The molecule has 0 saturated carbocycles. The molecule has 0 aromatic heterocycles. The molecule has 410 valence electrons. The second kappa shape index (κ2) is 59.2. The molecule has 0 radical (unpaired) electrons. The summed E-state index contributed by atoms with van der Waals surface area (Å²) in [4.78, 5) is 24.6. The smallest absolute Gasteiger partial charge is 0.305 e. The lowest BCUT2D eigenvalue weighted by Gasteiger charge is -2.20. The fourth-order valence-corrected chi connectivity index (χ4v) is 9.99. The van der Waals surface area contributed by atoms with Crippen molar-refractivity contribution in [3.05, 3.63) is 12.2 Å². The van der Waals surface area contributed by atoms with Gasteiger partial charge in [-0.15, -0.1) is 0 Å². The summed E-state index contributed by atoms with van der Waals surface area (Å²) >= 11 is 0. The van der Waals surface area contributed by atoms with Gasteiger partial charge in [-0.05, 0) is 32.1 Å². The first-order chi connectivity index (χ1) is 34.0. The van der Waals surface area contributed by atoms with Crippen LogP contribution in [0.5, 0.6) is 0 Å². The number of unbranched alkanes of at least 4 members (excludes halogenated alkanes) is 48. The van der Waals surface area contributed by atoms with Gasteiger partial charge in [0.1, 0.15) is 0 Å². The molecule has 0 aliphatic heterocycles. The highest BCUT2D eigenvalue weighted by Gasteiger charge is 2.18. The number of aliphatic hydroxyl groups is 2. The molecule has 0 aromatic carbocycles. The van der Waals surface area contributed by atoms with E-state index < -0.39 is 12.1 Å². The van der Waals surface area contributed by atoms with E-state index in [2.05, 4.69) is 19.2 Å². The van der Waals surface area contributed by atoms with E-state index >= 15 is 0 Å². The third-order valence-electron chi connectivity index (χ3n) is 14.8. The Morgan fingerprint density at radius 1 is 0.391 bits per heavy atom. The lowest BCUT2D eigenvalue weighted by molar-refractivity contribution is -0.143. The van der Waals surface area contributed by atoms with Crippen LogP contribution in [-0.4, -0.2) is 47.4 Å². The maximum atomic E-state index is 12.5. The van der Waals surface area contributed by atoms with Gasteiger partial charge in [0.25, 0.3) is 0 Å². The van der Waals surface area contributed by atoms with Crippen LogP contribution in [0.2, 0.25) is 0 Å². The molecular formula is C63H123NO5. The molecule has 0 aromatic rings. The molecular weight excluding hydrogens is 851 g/mol. The standard InChI is InChI=1S/C63H123NO5/c1-3-5-7-9-11-13-15-17-19-21-23-24-25-27-28-30-32-35-39-43-47-51-55-61(66)60(59-65)64-62(67)56-52-48-44-40-36-34-38-42-46-50-54-58-69-63(68)57-53-49-45-41-37-33-31-29-26-22-20-18-16-14-12-10-8-6-4-2/h51,55,60-61,65-66H,3-50,52-54,56-59H2,1-2H3,(H,64,67)/b55-51+. The summed E-state index contributed by atoms with van der Waals surface area (Å²) < 4.78 is 5.49. The highest BCUT2D eigenvalue weighted by atomic mass is 16.5. The number of amides is 1. The van der Waals surface area contributed by atoms with Crippen LogP contribution in [0.4, 0.5) is 0 Å². The first-order valence-corrected chi connectivity index (χ1v) is 31.5. The average molecular weight is 975 g/mol. The first-order valence-electron chi connectivity index (χ1n) is 31.5. The van der Waals surface area contributed by atoms with Gasteiger partial charge in [0.15, 0.2) is 0 Å². The Hall–Kier alpha value is -1.40. The SMILES string of the molecule is CCCCCCCCCCCCCCCCCCCCCC/C=C/C(O)C(CO)NC(=O)CCCCCCCCCCCCCOC(=O)CCCCCCCCCCCCCCCCCCCCC. The van der Waals surface area contributed by atoms with E-state index in [1.165, 1.54) is 270 Å². The van der Waals surface area contributed by atoms with E-state index in [1.807, 2.05) is 6.08 Å². The van der Waals surface area contributed by atoms with Crippen molar-refractivity contribution < 1.29 is 24.5 Å². The molecule has 6 heteroatoms. The normalized spacial score (nSPS) is 12.6. The van der Waals surface area contributed by atoms with Crippen LogP contribution in [0, 0.1) is 0 Å².